The maximum absolute atomic E-state index is 14.7. The third-order valence-corrected chi connectivity index (χ3v) is 5.19. The first-order valence-corrected chi connectivity index (χ1v) is 10.7. The van der Waals surface area contributed by atoms with E-state index in [-0.39, 0.29) is 30.3 Å². The molecule has 2 aromatic carbocycles. The van der Waals surface area contributed by atoms with Crippen molar-refractivity contribution in [1.82, 2.24) is 5.32 Å². The summed E-state index contributed by atoms with van der Waals surface area (Å²) in [5.41, 5.74) is 6.66. The van der Waals surface area contributed by atoms with Crippen LogP contribution in [0.3, 0.4) is 0 Å². The smallest absolute Gasteiger partial charge is 0.319 e. The van der Waals surface area contributed by atoms with Crippen molar-refractivity contribution in [3.63, 3.8) is 0 Å². The third-order valence-electron chi connectivity index (χ3n) is 5.19. The van der Waals surface area contributed by atoms with E-state index in [4.69, 9.17) is 10.5 Å². The van der Waals surface area contributed by atoms with Gasteiger partial charge in [-0.1, -0.05) is 6.58 Å². The predicted molar refractivity (Wildman–Crippen MR) is 125 cm³/mol. The summed E-state index contributed by atoms with van der Waals surface area (Å²) in [6.07, 6.45) is 3.42. The van der Waals surface area contributed by atoms with E-state index in [0.717, 1.165) is 19.3 Å². The molecule has 0 bridgehead atoms. The quantitative estimate of drug-likeness (QED) is 0.375. The number of nitrogen functional groups attached to an aromatic ring is 1. The molecule has 0 aliphatic heterocycles. The zero-order chi connectivity index (χ0) is 23.3. The van der Waals surface area contributed by atoms with Gasteiger partial charge in [0.25, 0.3) is 0 Å². The Hall–Kier alpha value is -3.29. The molecule has 3 rings (SSSR count). The van der Waals surface area contributed by atoms with Gasteiger partial charge in [0.05, 0.1) is 11.7 Å². The molecule has 0 radical (unpaired) electrons. The first kappa shape index (κ1) is 23.4. The van der Waals surface area contributed by atoms with Crippen molar-refractivity contribution in [2.24, 2.45) is 0 Å². The lowest BCUT2D eigenvalue weighted by Gasteiger charge is -2.26. The fourth-order valence-electron chi connectivity index (χ4n) is 3.19. The van der Waals surface area contributed by atoms with Crippen LogP contribution >= 0.6 is 0 Å². The van der Waals surface area contributed by atoms with Gasteiger partial charge in [-0.05, 0) is 63.8 Å². The highest BCUT2D eigenvalue weighted by molar-refractivity contribution is 5.89. The number of hydrogen-bond donors (Lipinski definition) is 4. The van der Waals surface area contributed by atoms with Crippen molar-refractivity contribution >= 4 is 28.8 Å². The third kappa shape index (κ3) is 6.60. The maximum Gasteiger partial charge on any atom is 0.319 e. The van der Waals surface area contributed by atoms with Crippen molar-refractivity contribution in [1.29, 1.82) is 0 Å². The van der Waals surface area contributed by atoms with Crippen LogP contribution in [0.5, 0.6) is 5.75 Å². The molecule has 0 saturated heterocycles. The second-order valence-electron chi connectivity index (χ2n) is 8.57. The van der Waals surface area contributed by atoms with Gasteiger partial charge in [0.15, 0.2) is 0 Å². The minimum absolute atomic E-state index is 0.130. The van der Waals surface area contributed by atoms with Crippen molar-refractivity contribution in [3.05, 3.63) is 54.4 Å². The summed E-state index contributed by atoms with van der Waals surface area (Å²) in [5.74, 6) is -0.0896. The molecule has 2 aromatic rings. The highest BCUT2D eigenvalue weighted by Crippen LogP contribution is 2.32. The number of nitrogens with one attached hydrogen (secondary N) is 3. The summed E-state index contributed by atoms with van der Waals surface area (Å²) < 4.78 is 33.9. The van der Waals surface area contributed by atoms with Crippen molar-refractivity contribution < 1.29 is 18.3 Å². The molecule has 1 saturated carbocycles. The topological polar surface area (TPSA) is 88.4 Å². The number of urea groups is 1. The van der Waals surface area contributed by atoms with Gasteiger partial charge in [0.1, 0.15) is 17.2 Å². The molecular formula is C24H30F2N4O2. The summed E-state index contributed by atoms with van der Waals surface area (Å²) in [6.45, 7) is 7.05. The van der Waals surface area contributed by atoms with E-state index in [1.807, 2.05) is 0 Å². The van der Waals surface area contributed by atoms with Crippen LogP contribution < -0.4 is 26.4 Å². The molecule has 32 heavy (non-hydrogen) atoms. The number of nitrogens with two attached hydrogens (primary N) is 1. The number of hydrogen-bond acceptors (Lipinski definition) is 4. The van der Waals surface area contributed by atoms with Crippen molar-refractivity contribution in [2.75, 3.05) is 22.9 Å². The van der Waals surface area contributed by atoms with Gasteiger partial charge in [-0.2, -0.15) is 0 Å². The Kier molecular flexibility index (Phi) is 7.22. The second kappa shape index (κ2) is 9.89. The van der Waals surface area contributed by atoms with Gasteiger partial charge >= 0.3 is 6.03 Å². The molecule has 8 heteroatoms. The summed E-state index contributed by atoms with van der Waals surface area (Å²) >= 11 is 0. The molecule has 1 aliphatic rings. The van der Waals surface area contributed by atoms with Crippen LogP contribution in [-0.4, -0.2) is 24.3 Å². The Labute approximate surface area is 187 Å². The van der Waals surface area contributed by atoms with Crippen LogP contribution in [0.15, 0.2) is 43.0 Å². The molecule has 172 valence electrons. The van der Waals surface area contributed by atoms with Gasteiger partial charge in [-0.15, -0.1) is 0 Å². The van der Waals surface area contributed by atoms with E-state index in [2.05, 4.69) is 22.5 Å². The van der Waals surface area contributed by atoms with Gasteiger partial charge in [0, 0.05) is 41.4 Å². The van der Waals surface area contributed by atoms with E-state index in [1.165, 1.54) is 19.9 Å². The largest absolute Gasteiger partial charge is 0.490 e. The van der Waals surface area contributed by atoms with Crippen LogP contribution in [0.2, 0.25) is 0 Å². The van der Waals surface area contributed by atoms with Crippen LogP contribution in [-0.2, 0) is 0 Å². The van der Waals surface area contributed by atoms with Crippen LogP contribution in [0, 0.1) is 5.82 Å². The summed E-state index contributed by atoms with van der Waals surface area (Å²) in [5, 5.41) is 8.31. The van der Waals surface area contributed by atoms with Gasteiger partial charge < -0.3 is 26.4 Å². The van der Waals surface area contributed by atoms with Gasteiger partial charge in [-0.3, -0.25) is 0 Å². The molecule has 0 aromatic heterocycles. The molecule has 0 spiro atoms. The number of alkyl halides is 1. The van der Waals surface area contributed by atoms with Crippen LogP contribution in [0.4, 0.5) is 30.6 Å². The molecular weight excluding hydrogens is 414 g/mol. The number of carbonyl (C=O) groups is 1. The van der Waals surface area contributed by atoms with Gasteiger partial charge in [-0.25, -0.2) is 13.6 Å². The molecule has 0 atom stereocenters. The minimum atomic E-state index is -1.34. The SMILES string of the molecule is C=C(Nc1ccc(NC(=O)NCCC(C)(C)F)cc1)c1c(N)cc(OC2CCC2)cc1F. The maximum atomic E-state index is 14.7. The predicted octanol–water partition coefficient (Wildman–Crippen LogP) is 5.68. The average Bonchev–Trinajstić information content (AvgIpc) is 2.65. The summed E-state index contributed by atoms with van der Waals surface area (Å²) in [4.78, 5) is 11.9. The Morgan fingerprint density at radius 1 is 1.19 bits per heavy atom. The van der Waals surface area contributed by atoms with Crippen molar-refractivity contribution in [2.45, 2.75) is 51.3 Å². The lowest BCUT2D eigenvalue weighted by Crippen LogP contribution is -2.32. The first-order valence-electron chi connectivity index (χ1n) is 10.7. The lowest BCUT2D eigenvalue weighted by atomic mass is 9.96. The van der Waals surface area contributed by atoms with E-state index >= 15 is 0 Å². The molecule has 5 N–H and O–H groups in total. The van der Waals surface area contributed by atoms with E-state index in [0.29, 0.717) is 22.8 Å². The number of halogens is 2. The fourth-order valence-corrected chi connectivity index (χ4v) is 3.19. The van der Waals surface area contributed by atoms with E-state index in [9.17, 15) is 13.6 Å². The van der Waals surface area contributed by atoms with Crippen LogP contribution in [0.1, 0.15) is 45.1 Å². The summed E-state index contributed by atoms with van der Waals surface area (Å²) in [7, 11) is 0. The molecule has 2 amide bonds. The zero-order valence-corrected chi connectivity index (χ0v) is 18.4. The van der Waals surface area contributed by atoms with Gasteiger partial charge in [0.2, 0.25) is 0 Å². The second-order valence-corrected chi connectivity index (χ2v) is 8.57. The van der Waals surface area contributed by atoms with Crippen molar-refractivity contribution in [3.8, 4) is 5.75 Å². The summed E-state index contributed by atoms with van der Waals surface area (Å²) in [6, 6.07) is 9.32. The number of ether oxygens (including phenoxy) is 1. The molecule has 0 heterocycles. The average molecular weight is 445 g/mol. The monoisotopic (exact) mass is 444 g/mol. The van der Waals surface area contributed by atoms with E-state index in [1.54, 1.807) is 30.3 Å². The minimum Gasteiger partial charge on any atom is -0.490 e. The normalized spacial score (nSPS) is 13.8. The Bertz CT molecular complexity index is 944. The zero-order valence-electron chi connectivity index (χ0n) is 18.4. The molecule has 0 unspecified atom stereocenters. The number of carbonyl (C=O) groups excluding carboxylic acids is 1. The standard InChI is InChI=1S/C24H30F2N4O2/c1-15(22-20(25)13-19(14-21(22)27)32-18-5-4-6-18)29-16-7-9-17(10-8-16)30-23(31)28-12-11-24(2,3)26/h7-10,13-14,18,29H,1,4-6,11-12,27H2,2-3H3,(H2,28,30,31). The van der Waals surface area contributed by atoms with Crippen LogP contribution in [0.25, 0.3) is 5.70 Å². The Morgan fingerprint density at radius 3 is 2.34 bits per heavy atom. The number of rotatable bonds is 9. The number of anilines is 3. The molecule has 1 fully saturated rings. The Balaban J connectivity index is 1.55. The molecule has 6 nitrogen and oxygen atoms in total. The Morgan fingerprint density at radius 2 is 1.81 bits per heavy atom. The first-order chi connectivity index (χ1) is 15.1. The highest BCUT2D eigenvalue weighted by atomic mass is 19.1. The fraction of sp³-hybridized carbons (Fsp3) is 0.375. The molecule has 1 aliphatic carbocycles. The number of amides is 2. The highest BCUT2D eigenvalue weighted by Gasteiger charge is 2.21. The van der Waals surface area contributed by atoms with E-state index < -0.39 is 17.5 Å². The number of benzene rings is 2. The lowest BCUT2D eigenvalue weighted by molar-refractivity contribution is 0.120.